The van der Waals surface area contributed by atoms with Gasteiger partial charge in [-0.1, -0.05) is 11.6 Å². The predicted octanol–water partition coefficient (Wildman–Crippen LogP) is 1.58. The molecule has 2 heterocycles. The van der Waals surface area contributed by atoms with Crippen molar-refractivity contribution < 1.29 is 0 Å². The van der Waals surface area contributed by atoms with Crippen LogP contribution < -0.4 is 10.6 Å². The van der Waals surface area contributed by atoms with E-state index in [1.165, 1.54) is 6.42 Å². The molecule has 0 amide bonds. The molecular formula is C8H12ClN3S. The minimum atomic E-state index is 0.594. The van der Waals surface area contributed by atoms with Crippen molar-refractivity contribution in [1.29, 1.82) is 0 Å². The van der Waals surface area contributed by atoms with Crippen LogP contribution in [0.1, 0.15) is 6.42 Å². The first-order chi connectivity index (χ1) is 6.29. The van der Waals surface area contributed by atoms with E-state index >= 15 is 0 Å². The number of nitrogens with zero attached hydrogens (tertiary/aromatic N) is 2. The molecule has 0 aliphatic carbocycles. The summed E-state index contributed by atoms with van der Waals surface area (Å²) in [5.74, 6) is 0.627. The molecule has 1 aliphatic rings. The summed E-state index contributed by atoms with van der Waals surface area (Å²) in [4.78, 5) is 6.49. The van der Waals surface area contributed by atoms with Crippen LogP contribution in [0.3, 0.4) is 0 Å². The molecule has 5 heteroatoms. The number of aromatic nitrogens is 1. The van der Waals surface area contributed by atoms with Gasteiger partial charge in [0, 0.05) is 18.5 Å². The van der Waals surface area contributed by atoms with Gasteiger partial charge in [0.25, 0.3) is 0 Å². The molecule has 1 unspecified atom stereocenters. The van der Waals surface area contributed by atoms with Gasteiger partial charge < -0.3 is 10.6 Å². The first-order valence-electron chi connectivity index (χ1n) is 4.35. The average Bonchev–Trinajstić information content (AvgIpc) is 2.71. The number of rotatable bonds is 2. The van der Waals surface area contributed by atoms with Crippen LogP contribution in [0.4, 0.5) is 5.13 Å². The summed E-state index contributed by atoms with van der Waals surface area (Å²) in [6.07, 6.45) is 1.17. The second-order valence-corrected chi connectivity index (χ2v) is 4.51. The molecular weight excluding hydrogens is 206 g/mol. The molecule has 1 aromatic heterocycles. The monoisotopic (exact) mass is 217 g/mol. The summed E-state index contributed by atoms with van der Waals surface area (Å²) < 4.78 is 0. The summed E-state index contributed by atoms with van der Waals surface area (Å²) in [5, 5.41) is 3.49. The molecule has 13 heavy (non-hydrogen) atoms. The summed E-state index contributed by atoms with van der Waals surface area (Å²) in [6, 6.07) is 0. The van der Waals surface area contributed by atoms with Crippen molar-refractivity contribution in [3.63, 3.8) is 0 Å². The van der Waals surface area contributed by atoms with E-state index in [-0.39, 0.29) is 0 Å². The Hall–Kier alpha value is -0.320. The van der Waals surface area contributed by atoms with Gasteiger partial charge in [-0.15, -0.1) is 11.3 Å². The normalized spacial score (nSPS) is 22.6. The van der Waals surface area contributed by atoms with Gasteiger partial charge in [-0.25, -0.2) is 4.98 Å². The molecule has 2 N–H and O–H groups in total. The lowest BCUT2D eigenvalue weighted by molar-refractivity contribution is 0.602. The highest BCUT2D eigenvalue weighted by atomic mass is 35.5. The average molecular weight is 218 g/mol. The minimum absolute atomic E-state index is 0.594. The Bertz CT molecular complexity index is 289. The lowest BCUT2D eigenvalue weighted by Crippen LogP contribution is -2.22. The van der Waals surface area contributed by atoms with Gasteiger partial charge in [0.2, 0.25) is 0 Å². The fourth-order valence-electron chi connectivity index (χ4n) is 1.59. The molecule has 1 aromatic rings. The Kier molecular flexibility index (Phi) is 2.71. The van der Waals surface area contributed by atoms with Crippen LogP contribution in [-0.4, -0.2) is 24.6 Å². The van der Waals surface area contributed by atoms with Gasteiger partial charge in [-0.05, 0) is 18.9 Å². The minimum Gasteiger partial charge on any atom is -0.348 e. The third-order valence-corrected chi connectivity index (χ3v) is 3.58. The van der Waals surface area contributed by atoms with E-state index in [1.54, 1.807) is 11.3 Å². The smallest absolute Gasteiger partial charge is 0.186 e. The molecule has 0 saturated carbocycles. The van der Waals surface area contributed by atoms with Crippen molar-refractivity contribution >= 4 is 28.1 Å². The second-order valence-electron chi connectivity index (χ2n) is 3.29. The van der Waals surface area contributed by atoms with Gasteiger partial charge in [-0.3, -0.25) is 0 Å². The van der Waals surface area contributed by atoms with Gasteiger partial charge in [-0.2, -0.15) is 0 Å². The summed E-state index contributed by atoms with van der Waals surface area (Å²) in [6.45, 7) is 2.86. The standard InChI is InChI=1S/C8H12ClN3S/c9-7-5-13-8(11-7)12-2-1-6(3-10)4-12/h5-6H,1-4,10H2. The van der Waals surface area contributed by atoms with Crippen LogP contribution in [0.25, 0.3) is 0 Å². The first-order valence-corrected chi connectivity index (χ1v) is 5.61. The predicted molar refractivity (Wildman–Crippen MR) is 56.5 cm³/mol. The molecule has 3 nitrogen and oxygen atoms in total. The van der Waals surface area contributed by atoms with E-state index in [0.717, 1.165) is 24.8 Å². The molecule has 2 rings (SSSR count). The first kappa shape index (κ1) is 9.24. The second kappa shape index (κ2) is 3.82. The topological polar surface area (TPSA) is 42.1 Å². The van der Waals surface area contributed by atoms with Gasteiger partial charge in [0.05, 0.1) is 0 Å². The molecule has 72 valence electrons. The van der Waals surface area contributed by atoms with Gasteiger partial charge in [0.1, 0.15) is 5.15 Å². The van der Waals surface area contributed by atoms with Crippen LogP contribution in [0.2, 0.25) is 5.15 Å². The fraction of sp³-hybridized carbons (Fsp3) is 0.625. The molecule has 0 radical (unpaired) electrons. The molecule has 1 atom stereocenters. The highest BCUT2D eigenvalue weighted by Gasteiger charge is 2.23. The lowest BCUT2D eigenvalue weighted by Gasteiger charge is -2.13. The van der Waals surface area contributed by atoms with E-state index in [1.807, 2.05) is 5.38 Å². The molecule has 1 fully saturated rings. The van der Waals surface area contributed by atoms with Crippen molar-refractivity contribution in [1.82, 2.24) is 4.98 Å². The van der Waals surface area contributed by atoms with Crippen LogP contribution in [0.5, 0.6) is 0 Å². The quantitative estimate of drug-likeness (QED) is 0.818. The highest BCUT2D eigenvalue weighted by Crippen LogP contribution is 2.27. The highest BCUT2D eigenvalue weighted by molar-refractivity contribution is 7.14. The summed E-state index contributed by atoms with van der Waals surface area (Å²) in [5.41, 5.74) is 5.61. The molecule has 0 aromatic carbocycles. The van der Waals surface area contributed by atoms with E-state index in [2.05, 4.69) is 9.88 Å². The van der Waals surface area contributed by atoms with E-state index in [4.69, 9.17) is 17.3 Å². The Labute approximate surface area is 86.5 Å². The Balaban J connectivity index is 2.03. The molecule has 0 spiro atoms. The Morgan fingerprint density at radius 1 is 1.77 bits per heavy atom. The number of hydrogen-bond donors (Lipinski definition) is 1. The SMILES string of the molecule is NCC1CCN(c2nc(Cl)cs2)C1. The molecule has 1 saturated heterocycles. The van der Waals surface area contributed by atoms with Crippen LogP contribution in [-0.2, 0) is 0 Å². The maximum atomic E-state index is 5.76. The van der Waals surface area contributed by atoms with Gasteiger partial charge >= 0.3 is 0 Å². The van der Waals surface area contributed by atoms with Crippen LogP contribution in [0.15, 0.2) is 5.38 Å². The zero-order valence-electron chi connectivity index (χ0n) is 7.24. The maximum absolute atomic E-state index is 5.76. The third kappa shape index (κ3) is 1.95. The zero-order chi connectivity index (χ0) is 9.26. The number of halogens is 1. The maximum Gasteiger partial charge on any atom is 0.186 e. The Morgan fingerprint density at radius 3 is 3.15 bits per heavy atom. The van der Waals surface area contributed by atoms with Crippen LogP contribution in [0, 0.1) is 5.92 Å². The number of thiazole rings is 1. The van der Waals surface area contributed by atoms with Crippen molar-refractivity contribution in [3.8, 4) is 0 Å². The van der Waals surface area contributed by atoms with Crippen LogP contribution >= 0.6 is 22.9 Å². The van der Waals surface area contributed by atoms with E-state index in [0.29, 0.717) is 11.1 Å². The van der Waals surface area contributed by atoms with Crippen molar-refractivity contribution in [2.45, 2.75) is 6.42 Å². The van der Waals surface area contributed by atoms with Crippen molar-refractivity contribution in [2.75, 3.05) is 24.5 Å². The third-order valence-electron chi connectivity index (χ3n) is 2.35. The van der Waals surface area contributed by atoms with Crippen molar-refractivity contribution in [2.24, 2.45) is 11.7 Å². The number of anilines is 1. The molecule has 1 aliphatic heterocycles. The van der Waals surface area contributed by atoms with Gasteiger partial charge in [0.15, 0.2) is 5.13 Å². The van der Waals surface area contributed by atoms with E-state index < -0.39 is 0 Å². The summed E-state index contributed by atoms with van der Waals surface area (Å²) in [7, 11) is 0. The fourth-order valence-corrected chi connectivity index (χ4v) is 2.57. The number of nitrogens with two attached hydrogens (primary N) is 1. The zero-order valence-corrected chi connectivity index (χ0v) is 8.81. The largest absolute Gasteiger partial charge is 0.348 e. The summed E-state index contributed by atoms with van der Waals surface area (Å²) >= 11 is 7.36. The molecule has 0 bridgehead atoms. The number of hydrogen-bond acceptors (Lipinski definition) is 4. The Morgan fingerprint density at radius 2 is 2.62 bits per heavy atom. The van der Waals surface area contributed by atoms with Crippen molar-refractivity contribution in [3.05, 3.63) is 10.5 Å². The lowest BCUT2D eigenvalue weighted by atomic mass is 10.1. The van der Waals surface area contributed by atoms with E-state index in [9.17, 15) is 0 Å².